The maximum atomic E-state index is 14.6. The predicted octanol–water partition coefficient (Wildman–Crippen LogP) is 6.21. The van der Waals surface area contributed by atoms with Gasteiger partial charge >= 0.3 is 0 Å². The van der Waals surface area contributed by atoms with E-state index in [1.807, 2.05) is 0 Å². The van der Waals surface area contributed by atoms with Gasteiger partial charge in [-0.05, 0) is 42.4 Å². The molecule has 1 saturated heterocycles. The van der Waals surface area contributed by atoms with Crippen LogP contribution in [-0.4, -0.2) is 6.61 Å². The molecule has 1 nitrogen and oxygen atoms in total. The second-order valence-electron chi connectivity index (χ2n) is 6.67. The van der Waals surface area contributed by atoms with Gasteiger partial charge in [-0.3, -0.25) is 0 Å². The van der Waals surface area contributed by atoms with Crippen LogP contribution in [0.15, 0.2) is 30.3 Å². The van der Waals surface area contributed by atoms with E-state index in [0.717, 1.165) is 24.8 Å². The van der Waals surface area contributed by atoms with Gasteiger partial charge in [0.2, 0.25) is 0 Å². The van der Waals surface area contributed by atoms with Gasteiger partial charge in [0.15, 0.2) is 11.6 Å². The minimum absolute atomic E-state index is 0.0469. The van der Waals surface area contributed by atoms with E-state index in [2.05, 4.69) is 6.92 Å². The highest BCUT2D eigenvalue weighted by atomic mass is 19.2. The fraction of sp³-hybridized carbons (Fsp3) is 0.429. The van der Waals surface area contributed by atoms with Crippen LogP contribution in [0.2, 0.25) is 0 Å². The van der Waals surface area contributed by atoms with Gasteiger partial charge in [0.05, 0.1) is 12.7 Å². The Morgan fingerprint density at radius 2 is 1.72 bits per heavy atom. The highest BCUT2D eigenvalue weighted by Gasteiger charge is 2.23. The van der Waals surface area contributed by atoms with Crippen LogP contribution < -0.4 is 0 Å². The van der Waals surface area contributed by atoms with Crippen LogP contribution in [0.1, 0.15) is 50.3 Å². The number of hydrogen-bond acceptors (Lipinski definition) is 1. The molecular formula is C21H23F3O. The summed E-state index contributed by atoms with van der Waals surface area (Å²) in [4.78, 5) is 0. The molecular weight excluding hydrogens is 325 g/mol. The normalized spacial score (nSPS) is 20.7. The summed E-state index contributed by atoms with van der Waals surface area (Å²) >= 11 is 0. The average Bonchev–Trinajstić information content (AvgIpc) is 2.64. The molecule has 2 aromatic rings. The molecule has 0 radical (unpaired) electrons. The van der Waals surface area contributed by atoms with Crippen LogP contribution in [0, 0.1) is 23.4 Å². The Morgan fingerprint density at radius 3 is 2.32 bits per heavy atom. The van der Waals surface area contributed by atoms with Gasteiger partial charge in [-0.25, -0.2) is 13.2 Å². The van der Waals surface area contributed by atoms with Crippen molar-refractivity contribution in [1.82, 2.24) is 0 Å². The molecule has 134 valence electrons. The molecule has 4 heteroatoms. The molecule has 2 atom stereocenters. The van der Waals surface area contributed by atoms with E-state index in [0.29, 0.717) is 24.5 Å². The monoisotopic (exact) mass is 348 g/mol. The molecule has 2 unspecified atom stereocenters. The van der Waals surface area contributed by atoms with E-state index in [-0.39, 0.29) is 17.2 Å². The van der Waals surface area contributed by atoms with E-state index in [1.165, 1.54) is 24.3 Å². The average molecular weight is 348 g/mol. The van der Waals surface area contributed by atoms with Gasteiger partial charge in [-0.15, -0.1) is 0 Å². The summed E-state index contributed by atoms with van der Waals surface area (Å²) in [5.74, 6) is -1.88. The third-order valence-electron chi connectivity index (χ3n) is 5.15. The van der Waals surface area contributed by atoms with Crippen LogP contribution in [0.3, 0.4) is 0 Å². The number of rotatable bonds is 4. The van der Waals surface area contributed by atoms with Crippen molar-refractivity contribution < 1.29 is 17.9 Å². The number of hydrogen-bond donors (Lipinski definition) is 0. The van der Waals surface area contributed by atoms with Crippen LogP contribution in [0.25, 0.3) is 11.1 Å². The Labute approximate surface area is 146 Å². The second-order valence-corrected chi connectivity index (χ2v) is 6.67. The number of aryl methyl sites for hydroxylation is 1. The summed E-state index contributed by atoms with van der Waals surface area (Å²) in [7, 11) is 0. The lowest BCUT2D eigenvalue weighted by molar-refractivity contribution is -0.0182. The van der Waals surface area contributed by atoms with E-state index >= 15 is 0 Å². The van der Waals surface area contributed by atoms with Gasteiger partial charge in [-0.1, -0.05) is 44.5 Å². The molecule has 0 saturated carbocycles. The van der Waals surface area contributed by atoms with Crippen molar-refractivity contribution in [3.05, 3.63) is 58.9 Å². The Balaban J connectivity index is 1.87. The minimum atomic E-state index is -0.995. The lowest BCUT2D eigenvalue weighted by Gasteiger charge is -2.28. The lowest BCUT2D eigenvalue weighted by atomic mass is 9.92. The first-order valence-electron chi connectivity index (χ1n) is 8.93. The topological polar surface area (TPSA) is 9.23 Å². The molecule has 0 bridgehead atoms. The van der Waals surface area contributed by atoms with Crippen molar-refractivity contribution in [1.29, 1.82) is 0 Å². The number of benzene rings is 2. The smallest absolute Gasteiger partial charge is 0.167 e. The summed E-state index contributed by atoms with van der Waals surface area (Å²) in [6, 6.07) is 7.61. The van der Waals surface area contributed by atoms with Crippen LogP contribution in [0.4, 0.5) is 13.2 Å². The van der Waals surface area contributed by atoms with Gasteiger partial charge in [0.25, 0.3) is 0 Å². The van der Waals surface area contributed by atoms with Crippen molar-refractivity contribution in [3.8, 4) is 11.1 Å². The second kappa shape index (κ2) is 7.61. The zero-order valence-electron chi connectivity index (χ0n) is 14.6. The summed E-state index contributed by atoms with van der Waals surface area (Å²) in [6.45, 7) is 4.57. The summed E-state index contributed by atoms with van der Waals surface area (Å²) in [5, 5.41) is 0. The SMILES string of the molecule is CCc1ccc(-c2ccc(C3CCC(CC)CO3)cc2F)c(F)c1F. The highest BCUT2D eigenvalue weighted by molar-refractivity contribution is 5.66. The molecule has 1 fully saturated rings. The van der Waals surface area contributed by atoms with Crippen molar-refractivity contribution >= 4 is 0 Å². The van der Waals surface area contributed by atoms with Gasteiger partial charge in [0, 0.05) is 11.1 Å². The third kappa shape index (κ3) is 3.59. The molecule has 0 amide bonds. The largest absolute Gasteiger partial charge is 0.373 e. The highest BCUT2D eigenvalue weighted by Crippen LogP contribution is 2.35. The minimum Gasteiger partial charge on any atom is -0.373 e. The molecule has 0 aliphatic carbocycles. The number of halogens is 3. The molecule has 1 aliphatic heterocycles. The van der Waals surface area contributed by atoms with E-state index in [1.54, 1.807) is 13.0 Å². The van der Waals surface area contributed by atoms with Crippen LogP contribution in [0.5, 0.6) is 0 Å². The Bertz CT molecular complexity index is 749. The number of ether oxygens (including phenoxy) is 1. The molecule has 2 aromatic carbocycles. The lowest BCUT2D eigenvalue weighted by Crippen LogP contribution is -2.20. The predicted molar refractivity (Wildman–Crippen MR) is 92.8 cm³/mol. The summed E-state index contributed by atoms with van der Waals surface area (Å²) < 4.78 is 48.7. The Morgan fingerprint density at radius 1 is 0.960 bits per heavy atom. The third-order valence-corrected chi connectivity index (χ3v) is 5.15. The van der Waals surface area contributed by atoms with Gasteiger partial charge in [-0.2, -0.15) is 0 Å². The maximum absolute atomic E-state index is 14.6. The van der Waals surface area contributed by atoms with Gasteiger partial charge < -0.3 is 4.74 Å². The first-order valence-corrected chi connectivity index (χ1v) is 8.93. The molecule has 0 aromatic heterocycles. The van der Waals surface area contributed by atoms with Crippen LogP contribution >= 0.6 is 0 Å². The standard InChI is InChI=1S/C21H23F3O/c1-3-13-5-10-19(25-12-13)15-7-8-16(18(22)11-15)17-9-6-14(4-2)20(23)21(17)24/h6-9,11,13,19H,3-5,10,12H2,1-2H3. The fourth-order valence-corrected chi connectivity index (χ4v) is 3.41. The molecule has 1 heterocycles. The molecule has 1 aliphatic rings. The van der Waals surface area contributed by atoms with Gasteiger partial charge in [0.1, 0.15) is 5.82 Å². The molecule has 3 rings (SSSR count). The van der Waals surface area contributed by atoms with E-state index < -0.39 is 17.5 Å². The fourth-order valence-electron chi connectivity index (χ4n) is 3.41. The first kappa shape index (κ1) is 18.0. The first-order chi connectivity index (χ1) is 12.0. The van der Waals surface area contributed by atoms with Crippen molar-refractivity contribution in [2.45, 2.75) is 45.6 Å². The molecule has 0 spiro atoms. The zero-order valence-corrected chi connectivity index (χ0v) is 14.6. The quantitative estimate of drug-likeness (QED) is 0.638. The van der Waals surface area contributed by atoms with Crippen molar-refractivity contribution in [2.75, 3.05) is 6.61 Å². The Hall–Kier alpha value is -1.81. The van der Waals surface area contributed by atoms with Crippen LogP contribution in [-0.2, 0) is 11.2 Å². The van der Waals surface area contributed by atoms with Crippen molar-refractivity contribution in [2.24, 2.45) is 5.92 Å². The Kier molecular flexibility index (Phi) is 5.48. The molecule has 0 N–H and O–H groups in total. The van der Waals surface area contributed by atoms with E-state index in [4.69, 9.17) is 4.74 Å². The zero-order chi connectivity index (χ0) is 18.0. The molecule has 25 heavy (non-hydrogen) atoms. The summed E-state index contributed by atoms with van der Waals surface area (Å²) in [5.41, 5.74) is 1.07. The van der Waals surface area contributed by atoms with Crippen molar-refractivity contribution in [3.63, 3.8) is 0 Å². The van der Waals surface area contributed by atoms with E-state index in [9.17, 15) is 13.2 Å². The maximum Gasteiger partial charge on any atom is 0.167 e. The summed E-state index contributed by atoms with van der Waals surface area (Å²) in [6.07, 6.45) is 3.25.